The number of aliphatic hydroxyl groups is 1. The van der Waals surface area contributed by atoms with Gasteiger partial charge in [-0.05, 0) is 53.8 Å². The third kappa shape index (κ3) is 2.42. The summed E-state index contributed by atoms with van der Waals surface area (Å²) < 4.78 is 6.75. The Bertz CT molecular complexity index is 698. The highest BCUT2D eigenvalue weighted by Gasteiger charge is 2.09. The molecule has 0 saturated carbocycles. The summed E-state index contributed by atoms with van der Waals surface area (Å²) in [5.74, 6) is 0.807. The first-order valence-electron chi connectivity index (χ1n) is 6.67. The minimum atomic E-state index is 0.0183. The molecule has 0 atom stereocenters. The quantitative estimate of drug-likeness (QED) is 0.766. The van der Waals surface area contributed by atoms with Gasteiger partial charge in [0.05, 0.1) is 13.2 Å². The Kier molecular flexibility index (Phi) is 3.72. The van der Waals surface area contributed by atoms with Crippen molar-refractivity contribution in [2.24, 2.45) is 0 Å². The van der Waals surface area contributed by atoms with Crippen molar-refractivity contribution in [1.82, 2.24) is 0 Å². The molecule has 20 heavy (non-hydrogen) atoms. The van der Waals surface area contributed by atoms with Crippen LogP contribution in [-0.2, 0) is 6.61 Å². The van der Waals surface area contributed by atoms with Crippen molar-refractivity contribution in [2.75, 3.05) is 6.61 Å². The van der Waals surface area contributed by atoms with Crippen molar-refractivity contribution < 1.29 is 9.84 Å². The lowest BCUT2D eigenvalue weighted by atomic mass is 10.1. The third-order valence-corrected chi connectivity index (χ3v) is 4.40. The maximum atomic E-state index is 9.60. The number of rotatable bonds is 4. The summed E-state index contributed by atoms with van der Waals surface area (Å²) in [6.07, 6.45) is 0. The lowest BCUT2D eigenvalue weighted by Gasteiger charge is -2.09. The number of hydrogen-bond donors (Lipinski definition) is 1. The van der Waals surface area contributed by atoms with Crippen LogP contribution in [0.25, 0.3) is 20.5 Å². The van der Waals surface area contributed by atoms with E-state index >= 15 is 0 Å². The molecule has 3 heteroatoms. The van der Waals surface area contributed by atoms with Crippen LogP contribution in [0.2, 0.25) is 0 Å². The highest BCUT2D eigenvalue weighted by atomic mass is 32.1. The van der Waals surface area contributed by atoms with E-state index in [1.54, 1.807) is 11.3 Å². The standard InChI is InChI=1S/C17H16O2S/c1-2-19-14-7-8-15(13(9-14)11-18)17-10-12-5-3-4-6-16(12)20-17/h3-10,18H,2,11H2,1H3. The topological polar surface area (TPSA) is 29.5 Å². The molecule has 0 unspecified atom stereocenters. The Morgan fingerprint density at radius 1 is 1.10 bits per heavy atom. The van der Waals surface area contributed by atoms with Gasteiger partial charge in [-0.2, -0.15) is 0 Å². The minimum absolute atomic E-state index is 0.0183. The molecule has 3 rings (SSSR count). The van der Waals surface area contributed by atoms with Crippen LogP contribution in [0.4, 0.5) is 0 Å². The summed E-state index contributed by atoms with van der Waals surface area (Å²) >= 11 is 1.75. The van der Waals surface area contributed by atoms with E-state index in [0.29, 0.717) is 6.61 Å². The molecule has 0 amide bonds. The second-order valence-electron chi connectivity index (χ2n) is 4.56. The zero-order valence-electron chi connectivity index (χ0n) is 11.3. The maximum absolute atomic E-state index is 9.60. The number of thiophene rings is 1. The van der Waals surface area contributed by atoms with Crippen molar-refractivity contribution in [3.63, 3.8) is 0 Å². The van der Waals surface area contributed by atoms with E-state index in [1.807, 2.05) is 37.3 Å². The molecule has 0 saturated heterocycles. The van der Waals surface area contributed by atoms with Gasteiger partial charge < -0.3 is 9.84 Å². The Hall–Kier alpha value is -1.84. The fourth-order valence-corrected chi connectivity index (χ4v) is 3.44. The second-order valence-corrected chi connectivity index (χ2v) is 5.64. The van der Waals surface area contributed by atoms with Gasteiger partial charge in [0.15, 0.2) is 0 Å². The molecule has 0 radical (unpaired) electrons. The SMILES string of the molecule is CCOc1ccc(-c2cc3ccccc3s2)c(CO)c1. The largest absolute Gasteiger partial charge is 0.494 e. The van der Waals surface area contributed by atoms with E-state index in [0.717, 1.165) is 16.9 Å². The first-order valence-corrected chi connectivity index (χ1v) is 7.49. The van der Waals surface area contributed by atoms with Crippen LogP contribution in [0, 0.1) is 0 Å². The van der Waals surface area contributed by atoms with Crippen LogP contribution in [-0.4, -0.2) is 11.7 Å². The molecular weight excluding hydrogens is 268 g/mol. The van der Waals surface area contributed by atoms with Crippen LogP contribution in [0.1, 0.15) is 12.5 Å². The van der Waals surface area contributed by atoms with Crippen molar-refractivity contribution in [3.05, 3.63) is 54.1 Å². The van der Waals surface area contributed by atoms with Gasteiger partial charge in [0.2, 0.25) is 0 Å². The van der Waals surface area contributed by atoms with Gasteiger partial charge in [0.1, 0.15) is 5.75 Å². The average Bonchev–Trinajstić information content (AvgIpc) is 2.91. The molecule has 0 aliphatic heterocycles. The van der Waals surface area contributed by atoms with Crippen LogP contribution >= 0.6 is 11.3 Å². The van der Waals surface area contributed by atoms with E-state index in [9.17, 15) is 5.11 Å². The van der Waals surface area contributed by atoms with E-state index in [2.05, 4.69) is 18.2 Å². The third-order valence-electron chi connectivity index (χ3n) is 3.25. The molecule has 0 aliphatic rings. The summed E-state index contributed by atoms with van der Waals surface area (Å²) in [5.41, 5.74) is 1.99. The molecule has 102 valence electrons. The summed E-state index contributed by atoms with van der Waals surface area (Å²) in [4.78, 5) is 1.18. The maximum Gasteiger partial charge on any atom is 0.119 e. The fourth-order valence-electron chi connectivity index (χ4n) is 2.31. The highest BCUT2D eigenvalue weighted by molar-refractivity contribution is 7.22. The predicted octanol–water partition coefficient (Wildman–Crippen LogP) is 4.46. The van der Waals surface area contributed by atoms with Crippen LogP contribution in [0.5, 0.6) is 5.75 Å². The number of hydrogen-bond acceptors (Lipinski definition) is 3. The number of fused-ring (bicyclic) bond motifs is 1. The van der Waals surface area contributed by atoms with Crippen molar-refractivity contribution in [2.45, 2.75) is 13.5 Å². The Labute approximate surface area is 122 Å². The summed E-state index contributed by atoms with van der Waals surface area (Å²) in [6.45, 7) is 2.61. The lowest BCUT2D eigenvalue weighted by molar-refractivity contribution is 0.280. The smallest absolute Gasteiger partial charge is 0.119 e. The van der Waals surface area contributed by atoms with Gasteiger partial charge >= 0.3 is 0 Å². The molecule has 2 aromatic carbocycles. The van der Waals surface area contributed by atoms with Crippen LogP contribution in [0.3, 0.4) is 0 Å². The minimum Gasteiger partial charge on any atom is -0.494 e. The Morgan fingerprint density at radius 2 is 1.95 bits per heavy atom. The first kappa shape index (κ1) is 13.2. The highest BCUT2D eigenvalue weighted by Crippen LogP contribution is 2.36. The molecule has 3 aromatic rings. The van der Waals surface area contributed by atoms with Crippen molar-refractivity contribution in [3.8, 4) is 16.2 Å². The van der Waals surface area contributed by atoms with E-state index in [1.165, 1.54) is 15.0 Å². The predicted molar refractivity (Wildman–Crippen MR) is 84.4 cm³/mol. The Balaban J connectivity index is 2.08. The first-order chi connectivity index (χ1) is 9.81. The van der Waals surface area contributed by atoms with Crippen molar-refractivity contribution >= 4 is 21.4 Å². The average molecular weight is 284 g/mol. The second kappa shape index (κ2) is 5.65. The molecule has 0 spiro atoms. The normalized spacial score (nSPS) is 10.9. The number of aliphatic hydroxyl groups excluding tert-OH is 1. The van der Waals surface area contributed by atoms with Gasteiger partial charge in [0, 0.05) is 9.58 Å². The summed E-state index contributed by atoms with van der Waals surface area (Å²) in [6, 6.07) is 16.4. The van der Waals surface area contributed by atoms with E-state index < -0.39 is 0 Å². The van der Waals surface area contributed by atoms with Gasteiger partial charge in [-0.25, -0.2) is 0 Å². The molecule has 2 nitrogen and oxygen atoms in total. The number of benzene rings is 2. The monoisotopic (exact) mass is 284 g/mol. The van der Waals surface area contributed by atoms with E-state index in [4.69, 9.17) is 4.74 Å². The molecule has 1 heterocycles. The lowest BCUT2D eigenvalue weighted by Crippen LogP contribution is -1.94. The van der Waals surface area contributed by atoms with Crippen LogP contribution in [0.15, 0.2) is 48.5 Å². The number of ether oxygens (including phenoxy) is 1. The molecule has 0 fully saturated rings. The van der Waals surface area contributed by atoms with Crippen molar-refractivity contribution in [1.29, 1.82) is 0 Å². The zero-order valence-corrected chi connectivity index (χ0v) is 12.1. The van der Waals surface area contributed by atoms with Gasteiger partial charge in [-0.3, -0.25) is 0 Å². The van der Waals surface area contributed by atoms with Gasteiger partial charge in [-0.15, -0.1) is 11.3 Å². The van der Waals surface area contributed by atoms with E-state index in [-0.39, 0.29) is 6.61 Å². The summed E-state index contributed by atoms with van der Waals surface area (Å²) in [5, 5.41) is 10.8. The molecule has 1 N–H and O–H groups in total. The summed E-state index contributed by atoms with van der Waals surface area (Å²) in [7, 11) is 0. The Morgan fingerprint density at radius 3 is 2.70 bits per heavy atom. The molecule has 1 aromatic heterocycles. The van der Waals surface area contributed by atoms with Gasteiger partial charge in [-0.1, -0.05) is 18.2 Å². The zero-order chi connectivity index (χ0) is 13.9. The molecule has 0 bridgehead atoms. The molecule has 0 aliphatic carbocycles. The molecular formula is C17H16O2S. The van der Waals surface area contributed by atoms with Gasteiger partial charge in [0.25, 0.3) is 0 Å². The fraction of sp³-hybridized carbons (Fsp3) is 0.176. The van der Waals surface area contributed by atoms with Crippen LogP contribution < -0.4 is 4.74 Å².